The molecule has 0 rings (SSSR count). The van der Waals surface area contributed by atoms with E-state index in [1.165, 1.54) is 18.8 Å². The topological polar surface area (TPSA) is 86.3 Å². The quantitative estimate of drug-likeness (QED) is 0.161. The molecule has 0 aliphatic rings. The maximum absolute atomic E-state index is 14.0. The van der Waals surface area contributed by atoms with E-state index in [1.807, 2.05) is 0 Å². The van der Waals surface area contributed by atoms with Crippen molar-refractivity contribution in [1.29, 1.82) is 0 Å². The summed E-state index contributed by atoms with van der Waals surface area (Å²) in [6, 6.07) is 0. The van der Waals surface area contributed by atoms with Gasteiger partial charge in [0.05, 0.1) is 39.5 Å². The van der Waals surface area contributed by atoms with E-state index in [0.29, 0.717) is 0 Å². The molecule has 0 atom stereocenters. The molecule has 0 spiro atoms. The second-order valence-corrected chi connectivity index (χ2v) is 12.2. The number of aliphatic carboxylic acids is 1. The number of carboxylic acids is 1. The molecule has 0 fully saturated rings. The highest BCUT2D eigenvalue weighted by Crippen LogP contribution is 2.66. The third kappa shape index (κ3) is 7.71. The zero-order valence-electron chi connectivity index (χ0n) is 22.7. The molecule has 0 saturated carbocycles. The first-order chi connectivity index (χ1) is 20.1. The highest BCUT2D eigenvalue weighted by atomic mass is 32.2. The van der Waals surface area contributed by atoms with Crippen molar-refractivity contribution in [3.05, 3.63) is 0 Å². The molecule has 0 amide bonds. The van der Waals surface area contributed by atoms with Crippen molar-refractivity contribution in [2.75, 3.05) is 39.5 Å². The molecular formula is C19H19F21N2O4S. The number of nitrogens with zero attached hydrogens (tertiary/aromatic N) is 1. The molecule has 0 aromatic heterocycles. The summed E-state index contributed by atoms with van der Waals surface area (Å²) in [5.41, 5.74) is 0. The van der Waals surface area contributed by atoms with Crippen LogP contribution in [0.4, 0.5) is 92.2 Å². The molecule has 0 aromatic carbocycles. The summed E-state index contributed by atoms with van der Waals surface area (Å²) in [7, 11) is -2.89. The molecule has 0 saturated heterocycles. The van der Waals surface area contributed by atoms with Crippen molar-refractivity contribution in [3.8, 4) is 0 Å². The van der Waals surface area contributed by atoms with Gasteiger partial charge in [0, 0.05) is 18.8 Å². The van der Waals surface area contributed by atoms with Crippen LogP contribution in [-0.4, -0.2) is 118 Å². The molecule has 0 heterocycles. The van der Waals surface area contributed by atoms with Crippen LogP contribution >= 0.6 is 0 Å². The molecule has 28 heteroatoms. The Balaban J connectivity index is 6.43. The van der Waals surface area contributed by atoms with Crippen LogP contribution in [0.1, 0.15) is 12.8 Å². The van der Waals surface area contributed by atoms with Gasteiger partial charge in [0.15, 0.2) is 0 Å². The van der Waals surface area contributed by atoms with Gasteiger partial charge in [0.2, 0.25) is 10.0 Å². The summed E-state index contributed by atoms with van der Waals surface area (Å²) in [5.74, 6) is -82.6. The van der Waals surface area contributed by atoms with E-state index < -0.39 is 107 Å². The number of alkyl halides is 21. The molecule has 6 nitrogen and oxygen atoms in total. The van der Waals surface area contributed by atoms with Crippen molar-refractivity contribution in [1.82, 2.24) is 4.72 Å². The zero-order valence-corrected chi connectivity index (χ0v) is 23.5. The van der Waals surface area contributed by atoms with Crippen LogP contribution < -0.4 is 9.83 Å². The first-order valence-electron chi connectivity index (χ1n) is 11.5. The number of carboxylic acid groups (broad SMARTS) is 1. The Morgan fingerprint density at radius 2 is 0.894 bits per heavy atom. The second kappa shape index (κ2) is 12.6. The van der Waals surface area contributed by atoms with Crippen molar-refractivity contribution < 1.29 is 115 Å². The predicted molar refractivity (Wildman–Crippen MR) is 108 cm³/mol. The van der Waals surface area contributed by atoms with Gasteiger partial charge in [-0.05, 0) is 0 Å². The van der Waals surface area contributed by atoms with E-state index in [1.54, 1.807) is 0 Å². The lowest BCUT2D eigenvalue weighted by Crippen LogP contribution is -2.76. The number of quaternary nitrogens is 1. The van der Waals surface area contributed by atoms with Crippen LogP contribution in [0, 0.1) is 0 Å². The first-order valence-corrected chi connectivity index (χ1v) is 13.2. The summed E-state index contributed by atoms with van der Waals surface area (Å²) in [4.78, 5) is 10.5. The van der Waals surface area contributed by atoms with Gasteiger partial charge in [-0.2, -0.15) is 92.2 Å². The molecule has 0 bridgehead atoms. The van der Waals surface area contributed by atoms with Crippen LogP contribution in [0.2, 0.25) is 0 Å². The van der Waals surface area contributed by atoms with Gasteiger partial charge in [-0.15, -0.1) is 0 Å². The van der Waals surface area contributed by atoms with Gasteiger partial charge in [-0.25, -0.2) is 13.1 Å². The fourth-order valence-electron chi connectivity index (χ4n) is 3.09. The second-order valence-electron chi connectivity index (χ2n) is 10.3. The fraction of sp³-hybridized carbons (Fsp3) is 0.947. The molecule has 0 unspecified atom stereocenters. The smallest absolute Gasteiger partial charge is 0.460 e. The summed E-state index contributed by atoms with van der Waals surface area (Å²) in [6.45, 7) is -1.56. The third-order valence-corrected chi connectivity index (χ3v) is 7.61. The van der Waals surface area contributed by atoms with Crippen molar-refractivity contribution >= 4 is 16.0 Å². The molecule has 282 valence electrons. The number of rotatable bonds is 18. The SMILES string of the molecule is C[N+](C)(CCNS(=O)(=O)CCC(F)(F)C(F)(F)C(F)(F)C(F)(F)C(F)(F)C(F)(F)C(F)(F)C(F)(F)C(F)(F)C(F)(F)F)CCC(=O)[O-]. The molecular weight excluding hydrogens is 751 g/mol. The number of carbonyl (C=O) groups is 1. The number of carbonyl (C=O) groups excluding carboxylic acids is 1. The number of halogens is 21. The zero-order chi connectivity index (χ0) is 38.5. The Bertz CT molecular complexity index is 1230. The Hall–Kier alpha value is -2.13. The lowest BCUT2D eigenvalue weighted by Gasteiger charge is -2.44. The third-order valence-electron chi connectivity index (χ3n) is 6.22. The predicted octanol–water partition coefficient (Wildman–Crippen LogP) is 4.79. The van der Waals surface area contributed by atoms with E-state index >= 15 is 0 Å². The summed E-state index contributed by atoms with van der Waals surface area (Å²) >= 11 is 0. The molecule has 0 aliphatic carbocycles. The number of hydrogen-bond donors (Lipinski definition) is 1. The molecule has 0 aromatic rings. The Labute approximate surface area is 248 Å². The van der Waals surface area contributed by atoms with Gasteiger partial charge in [0.1, 0.15) is 0 Å². The van der Waals surface area contributed by atoms with Crippen molar-refractivity contribution in [2.45, 2.75) is 72.3 Å². The Kier molecular flexibility index (Phi) is 12.1. The van der Waals surface area contributed by atoms with E-state index in [4.69, 9.17) is 0 Å². The maximum Gasteiger partial charge on any atom is 0.460 e. The Morgan fingerprint density at radius 3 is 1.21 bits per heavy atom. The van der Waals surface area contributed by atoms with Crippen LogP contribution in [0.25, 0.3) is 0 Å². The first kappa shape index (κ1) is 44.9. The lowest BCUT2D eigenvalue weighted by molar-refractivity contribution is -0.888. The molecule has 0 radical (unpaired) electrons. The van der Waals surface area contributed by atoms with E-state index in [9.17, 15) is 111 Å². The van der Waals surface area contributed by atoms with Crippen LogP contribution in [-0.2, 0) is 14.8 Å². The van der Waals surface area contributed by atoms with Gasteiger partial charge in [0.25, 0.3) is 0 Å². The highest BCUT2D eigenvalue weighted by molar-refractivity contribution is 7.89. The fourth-order valence-corrected chi connectivity index (χ4v) is 4.16. The molecule has 0 aliphatic heterocycles. The number of likely N-dealkylation sites (N-methyl/N-ethyl adjacent to an activating group) is 1. The van der Waals surface area contributed by atoms with Gasteiger partial charge in [-0.1, -0.05) is 0 Å². The standard InChI is InChI=1S/C19H19F21N2O4S/c1-42(2,6-3-9(43)44)7-5-41-47(45,46)8-4-10(20,21)11(22,23)12(24,25)13(26,27)14(28,29)15(30,31)16(32,33)17(34,35)18(36,37)19(38,39)40/h41H,3-8H2,1-2H3. The average Bonchev–Trinajstić information content (AvgIpc) is 2.84. The number of nitrogens with one attached hydrogen (secondary N) is 1. The van der Waals surface area contributed by atoms with E-state index in [2.05, 4.69) is 0 Å². The largest absolute Gasteiger partial charge is 0.550 e. The van der Waals surface area contributed by atoms with Crippen molar-refractivity contribution in [2.24, 2.45) is 0 Å². The monoisotopic (exact) mass is 770 g/mol. The van der Waals surface area contributed by atoms with Crippen LogP contribution in [0.3, 0.4) is 0 Å². The molecule has 1 N–H and O–H groups in total. The van der Waals surface area contributed by atoms with Gasteiger partial charge >= 0.3 is 59.5 Å². The maximum atomic E-state index is 14.0. The van der Waals surface area contributed by atoms with Crippen LogP contribution in [0.5, 0.6) is 0 Å². The molecule has 47 heavy (non-hydrogen) atoms. The minimum atomic E-state index is -9.29. The lowest BCUT2D eigenvalue weighted by atomic mass is 9.86. The number of hydrogen-bond acceptors (Lipinski definition) is 4. The highest BCUT2D eigenvalue weighted by Gasteiger charge is 2.97. The van der Waals surface area contributed by atoms with Gasteiger partial charge < -0.3 is 14.4 Å². The normalized spacial score (nSPS) is 16.1. The Morgan fingerprint density at radius 1 is 0.574 bits per heavy atom. The summed E-state index contributed by atoms with van der Waals surface area (Å²) < 4.78 is 306. The average molecular weight is 770 g/mol. The van der Waals surface area contributed by atoms with E-state index in [-0.39, 0.29) is 11.0 Å². The minimum absolute atomic E-state index is 0.268. The minimum Gasteiger partial charge on any atom is -0.550 e. The van der Waals surface area contributed by atoms with E-state index in [0.717, 1.165) is 0 Å². The summed E-state index contributed by atoms with van der Waals surface area (Å²) in [6.07, 6.45) is -12.0. The van der Waals surface area contributed by atoms with Crippen molar-refractivity contribution in [3.63, 3.8) is 0 Å². The summed E-state index contributed by atoms with van der Waals surface area (Å²) in [5, 5.41) is 10.5. The van der Waals surface area contributed by atoms with Gasteiger partial charge in [-0.3, -0.25) is 0 Å². The number of sulfonamides is 1. The van der Waals surface area contributed by atoms with Crippen LogP contribution in [0.15, 0.2) is 0 Å².